The van der Waals surface area contributed by atoms with Crippen LogP contribution in [0.2, 0.25) is 10.0 Å². The van der Waals surface area contributed by atoms with Crippen LogP contribution >= 0.6 is 39.1 Å². The van der Waals surface area contributed by atoms with E-state index in [-0.39, 0.29) is 25.0 Å². The number of hydrogen-bond acceptors (Lipinski definition) is 4. The van der Waals surface area contributed by atoms with Gasteiger partial charge in [-0.05, 0) is 54.1 Å². The van der Waals surface area contributed by atoms with Crippen LogP contribution in [-0.4, -0.2) is 25.0 Å². The molecule has 0 saturated heterocycles. The van der Waals surface area contributed by atoms with Gasteiger partial charge < -0.3 is 19.7 Å². The molecule has 164 valence electrons. The van der Waals surface area contributed by atoms with Gasteiger partial charge in [-0.3, -0.25) is 9.59 Å². The van der Waals surface area contributed by atoms with Crippen LogP contribution < -0.4 is 19.7 Å². The molecular weight excluding hydrogens is 519 g/mol. The van der Waals surface area contributed by atoms with E-state index < -0.39 is 0 Å². The van der Waals surface area contributed by atoms with E-state index in [0.29, 0.717) is 39.5 Å². The normalized spacial score (nSPS) is 12.7. The molecule has 6 nitrogen and oxygen atoms in total. The van der Waals surface area contributed by atoms with Crippen LogP contribution in [0.3, 0.4) is 0 Å². The van der Waals surface area contributed by atoms with E-state index >= 15 is 0 Å². The Balaban J connectivity index is 1.46. The van der Waals surface area contributed by atoms with Crippen molar-refractivity contribution in [3.8, 4) is 11.5 Å². The maximum absolute atomic E-state index is 12.5. The molecular formula is C23H17BrCl2N2O4. The summed E-state index contributed by atoms with van der Waals surface area (Å²) in [5, 5.41) is 3.56. The molecule has 1 N–H and O–H groups in total. The number of halogens is 3. The lowest BCUT2D eigenvalue weighted by Gasteiger charge is -2.30. The minimum atomic E-state index is -0.376. The topological polar surface area (TPSA) is 67.9 Å². The molecule has 0 unspecified atom stereocenters. The minimum absolute atomic E-state index is 0.0368. The minimum Gasteiger partial charge on any atom is -0.482 e. The van der Waals surface area contributed by atoms with Gasteiger partial charge in [-0.1, -0.05) is 51.3 Å². The molecule has 0 aromatic heterocycles. The van der Waals surface area contributed by atoms with E-state index in [9.17, 15) is 9.59 Å². The number of amides is 2. The van der Waals surface area contributed by atoms with Gasteiger partial charge in [0.15, 0.2) is 13.2 Å². The third kappa shape index (κ3) is 5.35. The molecule has 0 fully saturated rings. The second-order valence-electron chi connectivity index (χ2n) is 6.99. The summed E-state index contributed by atoms with van der Waals surface area (Å²) in [5.74, 6) is 0.392. The number of nitrogens with zero attached hydrogens (tertiary/aromatic N) is 1. The van der Waals surface area contributed by atoms with E-state index in [2.05, 4.69) is 21.2 Å². The molecule has 0 bridgehead atoms. The number of hydrogen-bond donors (Lipinski definition) is 1. The Hall–Kier alpha value is -2.74. The van der Waals surface area contributed by atoms with Crippen molar-refractivity contribution in [1.29, 1.82) is 0 Å². The van der Waals surface area contributed by atoms with Gasteiger partial charge in [0.05, 0.1) is 17.3 Å². The van der Waals surface area contributed by atoms with Crippen LogP contribution in [0.5, 0.6) is 11.5 Å². The lowest BCUT2D eigenvalue weighted by Crippen LogP contribution is -2.38. The molecule has 0 atom stereocenters. The standard InChI is InChI=1S/C23H17BrCl2N2O4/c24-15-3-1-14(2-4-15)11-28-19-10-17(6-8-21(19)32-13-23(28)30)27-22(29)12-31-20-7-5-16(25)9-18(20)26/h1-10H,11-13H2,(H,27,29). The molecule has 1 aliphatic rings. The maximum atomic E-state index is 12.5. The van der Waals surface area contributed by atoms with Gasteiger partial charge in [-0.15, -0.1) is 0 Å². The first-order valence-corrected chi connectivity index (χ1v) is 11.1. The molecule has 9 heteroatoms. The van der Waals surface area contributed by atoms with Crippen LogP contribution in [0.25, 0.3) is 0 Å². The zero-order valence-electron chi connectivity index (χ0n) is 16.6. The van der Waals surface area contributed by atoms with E-state index in [1.807, 2.05) is 24.3 Å². The number of fused-ring (bicyclic) bond motifs is 1. The first-order chi connectivity index (χ1) is 15.4. The highest BCUT2D eigenvalue weighted by molar-refractivity contribution is 9.10. The van der Waals surface area contributed by atoms with Crippen molar-refractivity contribution in [2.24, 2.45) is 0 Å². The summed E-state index contributed by atoms with van der Waals surface area (Å²) in [4.78, 5) is 26.6. The lowest BCUT2D eigenvalue weighted by atomic mass is 10.1. The Kier molecular flexibility index (Phi) is 6.89. The maximum Gasteiger partial charge on any atom is 0.265 e. The molecule has 32 heavy (non-hydrogen) atoms. The Morgan fingerprint density at radius 1 is 1.09 bits per heavy atom. The van der Waals surface area contributed by atoms with E-state index in [1.165, 1.54) is 6.07 Å². The fraction of sp³-hybridized carbons (Fsp3) is 0.130. The van der Waals surface area contributed by atoms with Gasteiger partial charge in [-0.25, -0.2) is 0 Å². The Morgan fingerprint density at radius 3 is 2.62 bits per heavy atom. The quantitative estimate of drug-likeness (QED) is 0.439. The van der Waals surface area contributed by atoms with Crippen molar-refractivity contribution in [2.45, 2.75) is 6.54 Å². The second kappa shape index (κ2) is 9.81. The number of nitrogens with one attached hydrogen (secondary N) is 1. The number of carbonyl (C=O) groups excluding carboxylic acids is 2. The Bertz CT molecular complexity index is 1170. The van der Waals surface area contributed by atoms with Gasteiger partial charge >= 0.3 is 0 Å². The monoisotopic (exact) mass is 534 g/mol. The molecule has 1 heterocycles. The molecule has 0 spiro atoms. The van der Waals surface area contributed by atoms with Crippen molar-refractivity contribution >= 4 is 62.3 Å². The molecule has 0 radical (unpaired) electrons. The van der Waals surface area contributed by atoms with E-state index in [4.69, 9.17) is 32.7 Å². The number of benzene rings is 3. The predicted octanol–water partition coefficient (Wildman–Crippen LogP) is 5.70. The van der Waals surface area contributed by atoms with Crippen LogP contribution in [0.15, 0.2) is 65.1 Å². The van der Waals surface area contributed by atoms with Crippen molar-refractivity contribution < 1.29 is 19.1 Å². The van der Waals surface area contributed by atoms with Crippen LogP contribution in [0, 0.1) is 0 Å². The predicted molar refractivity (Wildman–Crippen MR) is 128 cm³/mol. The lowest BCUT2D eigenvalue weighted by molar-refractivity contribution is -0.121. The zero-order chi connectivity index (χ0) is 22.7. The molecule has 0 aliphatic carbocycles. The van der Waals surface area contributed by atoms with Crippen LogP contribution in [0.4, 0.5) is 11.4 Å². The molecule has 1 aliphatic heterocycles. The highest BCUT2D eigenvalue weighted by Crippen LogP contribution is 2.35. The number of rotatable bonds is 6. The summed E-state index contributed by atoms with van der Waals surface area (Å²) < 4.78 is 12.0. The third-order valence-electron chi connectivity index (χ3n) is 4.69. The van der Waals surface area contributed by atoms with Gasteiger partial charge in [0.25, 0.3) is 11.8 Å². The Labute approximate surface area is 203 Å². The highest BCUT2D eigenvalue weighted by atomic mass is 79.9. The summed E-state index contributed by atoms with van der Waals surface area (Å²) in [6.07, 6.45) is 0. The SMILES string of the molecule is O=C(COc1ccc(Cl)cc1Cl)Nc1ccc2c(c1)N(Cc1ccc(Br)cc1)C(=O)CO2. The fourth-order valence-electron chi connectivity index (χ4n) is 3.16. The van der Waals surface area contributed by atoms with Crippen molar-refractivity contribution in [1.82, 2.24) is 0 Å². The summed E-state index contributed by atoms with van der Waals surface area (Å²) in [7, 11) is 0. The van der Waals surface area contributed by atoms with Gasteiger partial charge in [0.2, 0.25) is 0 Å². The summed E-state index contributed by atoms with van der Waals surface area (Å²) >= 11 is 15.3. The molecule has 3 aromatic carbocycles. The molecule has 2 amide bonds. The first-order valence-electron chi connectivity index (χ1n) is 9.58. The molecule has 3 aromatic rings. The Morgan fingerprint density at radius 2 is 1.88 bits per heavy atom. The van der Waals surface area contributed by atoms with Crippen LogP contribution in [0.1, 0.15) is 5.56 Å². The van der Waals surface area contributed by atoms with Crippen molar-refractivity contribution in [3.05, 3.63) is 80.7 Å². The average Bonchev–Trinajstić information content (AvgIpc) is 2.76. The number of carbonyl (C=O) groups is 2. The summed E-state index contributed by atoms with van der Waals surface area (Å²) in [6.45, 7) is 0.111. The highest BCUT2D eigenvalue weighted by Gasteiger charge is 2.26. The van der Waals surface area contributed by atoms with E-state index in [0.717, 1.165) is 10.0 Å². The van der Waals surface area contributed by atoms with Gasteiger partial charge in [-0.2, -0.15) is 0 Å². The smallest absolute Gasteiger partial charge is 0.265 e. The largest absolute Gasteiger partial charge is 0.482 e. The molecule has 0 saturated carbocycles. The van der Waals surface area contributed by atoms with Crippen LogP contribution in [-0.2, 0) is 16.1 Å². The van der Waals surface area contributed by atoms with E-state index in [1.54, 1.807) is 35.2 Å². The molecule has 4 rings (SSSR count). The summed E-state index contributed by atoms with van der Waals surface area (Å²) in [6, 6.07) is 17.6. The van der Waals surface area contributed by atoms with Gasteiger partial charge in [0, 0.05) is 15.2 Å². The summed E-state index contributed by atoms with van der Waals surface area (Å²) in [5.41, 5.74) is 2.07. The van der Waals surface area contributed by atoms with Crippen molar-refractivity contribution in [3.63, 3.8) is 0 Å². The third-order valence-corrected chi connectivity index (χ3v) is 5.75. The second-order valence-corrected chi connectivity index (χ2v) is 8.75. The fourth-order valence-corrected chi connectivity index (χ4v) is 3.89. The number of ether oxygens (including phenoxy) is 2. The zero-order valence-corrected chi connectivity index (χ0v) is 19.7. The number of anilines is 2. The average molecular weight is 536 g/mol. The van der Waals surface area contributed by atoms with Crippen molar-refractivity contribution in [2.75, 3.05) is 23.4 Å². The first kappa shape index (κ1) is 22.5. The van der Waals surface area contributed by atoms with Gasteiger partial charge in [0.1, 0.15) is 11.5 Å².